The predicted molar refractivity (Wildman–Crippen MR) is 127 cm³/mol. The first-order chi connectivity index (χ1) is 15.0. The van der Waals surface area contributed by atoms with Crippen LogP contribution in [0.5, 0.6) is 5.88 Å². The minimum absolute atomic E-state index is 0.0644. The number of aromatic nitrogens is 2. The molecule has 0 atom stereocenters. The predicted octanol–water partition coefficient (Wildman–Crippen LogP) is 4.73. The highest BCUT2D eigenvalue weighted by Gasteiger charge is 2.14. The summed E-state index contributed by atoms with van der Waals surface area (Å²) >= 11 is 6.43. The van der Waals surface area contributed by atoms with Gasteiger partial charge in [0.2, 0.25) is 5.88 Å². The monoisotopic (exact) mass is 442 g/mol. The Morgan fingerprint density at radius 3 is 2.55 bits per heavy atom. The van der Waals surface area contributed by atoms with Gasteiger partial charge in [0.1, 0.15) is 5.69 Å². The van der Waals surface area contributed by atoms with Crippen LogP contribution in [0.15, 0.2) is 64.6 Å². The van der Waals surface area contributed by atoms with Crippen molar-refractivity contribution in [3.05, 3.63) is 90.8 Å². The van der Waals surface area contributed by atoms with E-state index in [-0.39, 0.29) is 5.88 Å². The molecular formula is C24H18N4OS2. The zero-order valence-electron chi connectivity index (χ0n) is 16.9. The second kappa shape index (κ2) is 7.68. The first kappa shape index (κ1) is 19.5. The first-order valence-electron chi connectivity index (χ1n) is 9.73. The van der Waals surface area contributed by atoms with Gasteiger partial charge in [-0.3, -0.25) is 0 Å². The third-order valence-electron chi connectivity index (χ3n) is 5.21. The molecular weight excluding hydrogens is 424 g/mol. The van der Waals surface area contributed by atoms with Gasteiger partial charge in [0, 0.05) is 10.8 Å². The summed E-state index contributed by atoms with van der Waals surface area (Å²) in [6.07, 6.45) is 1.87. The Labute approximate surface area is 187 Å². The Morgan fingerprint density at radius 1 is 0.968 bits per heavy atom. The van der Waals surface area contributed by atoms with E-state index in [1.54, 1.807) is 0 Å². The Balaban J connectivity index is 1.58. The van der Waals surface area contributed by atoms with Crippen molar-refractivity contribution >= 4 is 41.2 Å². The highest BCUT2D eigenvalue weighted by atomic mass is 32.1. The maximum Gasteiger partial charge on any atom is 0.207 e. The number of aryl methyl sites for hydroxylation is 2. The number of hydrogen-bond acceptors (Lipinski definition) is 6. The van der Waals surface area contributed by atoms with E-state index >= 15 is 0 Å². The third kappa shape index (κ3) is 3.73. The van der Waals surface area contributed by atoms with Crippen molar-refractivity contribution in [3.63, 3.8) is 0 Å². The topological polar surface area (TPSA) is 73.6 Å². The van der Waals surface area contributed by atoms with Crippen LogP contribution < -0.4 is 10.6 Å². The lowest BCUT2D eigenvalue weighted by Gasteiger charge is -2.06. The molecule has 7 heteroatoms. The number of H-pyrrole nitrogens is 1. The van der Waals surface area contributed by atoms with Crippen LogP contribution in [-0.4, -0.2) is 20.9 Å². The smallest absolute Gasteiger partial charge is 0.207 e. The molecule has 0 saturated carbocycles. The summed E-state index contributed by atoms with van der Waals surface area (Å²) in [7, 11) is 0. The van der Waals surface area contributed by atoms with Gasteiger partial charge < -0.3 is 10.1 Å². The largest absolute Gasteiger partial charge is 0.494 e. The molecule has 5 rings (SSSR count). The maximum absolute atomic E-state index is 10.0. The lowest BCUT2D eigenvalue weighted by Crippen LogP contribution is -2.23. The molecule has 0 saturated heterocycles. The molecule has 0 radical (unpaired) electrons. The number of aromatic amines is 1. The number of nitrogens with one attached hydrogen (secondary N) is 1. The fourth-order valence-corrected chi connectivity index (χ4v) is 4.48. The van der Waals surface area contributed by atoms with Gasteiger partial charge in [0.15, 0.2) is 9.79 Å². The number of amidine groups is 1. The van der Waals surface area contributed by atoms with E-state index in [0.29, 0.717) is 14.7 Å². The Morgan fingerprint density at radius 2 is 1.77 bits per heavy atom. The zero-order valence-corrected chi connectivity index (χ0v) is 18.5. The van der Waals surface area contributed by atoms with Crippen LogP contribution in [0, 0.1) is 17.8 Å². The normalized spacial score (nSPS) is 13.1. The number of aliphatic imine (C=N–C) groups is 1. The van der Waals surface area contributed by atoms with Crippen molar-refractivity contribution in [2.45, 2.75) is 13.8 Å². The maximum atomic E-state index is 10.0. The van der Waals surface area contributed by atoms with Crippen molar-refractivity contribution in [2.24, 2.45) is 9.98 Å². The highest BCUT2D eigenvalue weighted by molar-refractivity contribution is 7.73. The van der Waals surface area contributed by atoms with Crippen molar-refractivity contribution in [1.82, 2.24) is 9.97 Å². The summed E-state index contributed by atoms with van der Waals surface area (Å²) < 4.78 is 0.526. The van der Waals surface area contributed by atoms with Crippen LogP contribution in [0.25, 0.3) is 17.3 Å². The first-order valence-corrected chi connectivity index (χ1v) is 11.0. The molecule has 0 unspecified atom stereocenters. The molecule has 2 aromatic heterocycles. The van der Waals surface area contributed by atoms with Gasteiger partial charge in [-0.25, -0.2) is 15.0 Å². The summed E-state index contributed by atoms with van der Waals surface area (Å²) in [6.45, 7) is 4.20. The van der Waals surface area contributed by atoms with Crippen LogP contribution in [0.2, 0.25) is 0 Å². The molecule has 0 bridgehead atoms. The summed E-state index contributed by atoms with van der Waals surface area (Å²) in [5.41, 5.74) is 5.94. The summed E-state index contributed by atoms with van der Waals surface area (Å²) in [4.78, 5) is 17.7. The van der Waals surface area contributed by atoms with Gasteiger partial charge in [-0.2, -0.15) is 0 Å². The number of hydrogen-bond donors (Lipinski definition) is 2. The van der Waals surface area contributed by atoms with E-state index in [2.05, 4.69) is 37.0 Å². The molecule has 5 nitrogen and oxygen atoms in total. The van der Waals surface area contributed by atoms with E-state index in [1.165, 1.54) is 22.5 Å². The molecule has 4 aromatic rings. The number of aromatic hydroxyl groups is 1. The molecule has 0 amide bonds. The molecule has 0 fully saturated rings. The fraction of sp³-hybridized carbons (Fsp3) is 0.0833. The van der Waals surface area contributed by atoms with E-state index in [0.717, 1.165) is 33.2 Å². The second-order valence-electron chi connectivity index (χ2n) is 7.34. The lowest BCUT2D eigenvalue weighted by atomic mass is 10.0. The number of fused-ring (bicyclic) bond motifs is 1. The van der Waals surface area contributed by atoms with Gasteiger partial charge in [-0.05, 0) is 67.5 Å². The van der Waals surface area contributed by atoms with Crippen LogP contribution >= 0.6 is 23.6 Å². The van der Waals surface area contributed by atoms with Crippen molar-refractivity contribution < 1.29 is 5.11 Å². The van der Waals surface area contributed by atoms with Crippen molar-refractivity contribution in [3.8, 4) is 17.1 Å². The number of rotatable bonds is 3. The van der Waals surface area contributed by atoms with Crippen molar-refractivity contribution in [2.75, 3.05) is 0 Å². The molecule has 0 spiro atoms. The molecule has 1 aliphatic rings. The van der Waals surface area contributed by atoms with E-state index in [4.69, 9.17) is 27.2 Å². The fourth-order valence-electron chi connectivity index (χ4n) is 3.43. The van der Waals surface area contributed by atoms with Gasteiger partial charge in [-0.1, -0.05) is 30.3 Å². The molecule has 0 aliphatic carbocycles. The summed E-state index contributed by atoms with van der Waals surface area (Å²) in [5.74, 6) is 0.641. The standard InChI is InChI=1S/C24H18N4OS2/c1-13-9-10-15(11-14(13)2)17-6-4-8-19(25-17)22-26-18-7-3-5-16(21(18)27-22)12-20-23(29)28-24(30)31-20/h3-12,29H,1-2H3,(H,28,30). The zero-order chi connectivity index (χ0) is 21.5. The summed E-state index contributed by atoms with van der Waals surface area (Å²) in [6, 6.07) is 18.0. The number of pyridine rings is 1. The van der Waals surface area contributed by atoms with E-state index in [9.17, 15) is 5.11 Å². The van der Waals surface area contributed by atoms with E-state index in [1.807, 2.05) is 42.5 Å². The van der Waals surface area contributed by atoms with Crippen LogP contribution in [0.4, 0.5) is 5.69 Å². The van der Waals surface area contributed by atoms with Crippen molar-refractivity contribution in [1.29, 1.82) is 0 Å². The average molecular weight is 443 g/mol. The number of benzene rings is 2. The number of nitrogens with zero attached hydrogens (tertiary/aromatic N) is 3. The van der Waals surface area contributed by atoms with Gasteiger partial charge >= 0.3 is 0 Å². The van der Waals surface area contributed by atoms with Gasteiger partial charge in [0.05, 0.1) is 21.6 Å². The van der Waals surface area contributed by atoms with Crippen LogP contribution in [0.1, 0.15) is 21.7 Å². The Hall–Kier alpha value is -3.42. The summed E-state index contributed by atoms with van der Waals surface area (Å²) in [5, 5.41) is 11.7. The highest BCUT2D eigenvalue weighted by Crippen LogP contribution is 2.23. The molecule has 2 N–H and O–H groups in total. The number of thiazole rings is 1. The van der Waals surface area contributed by atoms with Gasteiger partial charge in [0.25, 0.3) is 0 Å². The van der Waals surface area contributed by atoms with Gasteiger partial charge in [-0.15, -0.1) is 11.3 Å². The molecule has 3 heterocycles. The molecule has 31 heavy (non-hydrogen) atoms. The Kier molecular flexibility index (Phi) is 4.84. The SMILES string of the molecule is Cc1ccc(-c2cccc(C3=Nc4cccc(=Cc5sc(=S)[nH]c5O)c4=N3)n2)cc1C. The minimum atomic E-state index is 0.0644. The van der Waals surface area contributed by atoms with E-state index < -0.39 is 0 Å². The third-order valence-corrected chi connectivity index (χ3v) is 6.38. The molecule has 2 aromatic carbocycles. The Bertz CT molecular complexity index is 1550. The van der Waals surface area contributed by atoms with Crippen LogP contribution in [-0.2, 0) is 0 Å². The quantitative estimate of drug-likeness (QED) is 0.451. The molecule has 1 aliphatic heterocycles. The second-order valence-corrected chi connectivity index (χ2v) is 9.06. The number of para-hydroxylation sites is 1. The minimum Gasteiger partial charge on any atom is -0.494 e. The van der Waals surface area contributed by atoms with Crippen LogP contribution in [0.3, 0.4) is 0 Å². The average Bonchev–Trinajstić information content (AvgIpc) is 3.33. The molecule has 152 valence electrons. The lowest BCUT2D eigenvalue weighted by molar-refractivity contribution is 0.456.